The van der Waals surface area contributed by atoms with Gasteiger partial charge < -0.3 is 15.4 Å². The van der Waals surface area contributed by atoms with Crippen LogP contribution in [0.5, 0.6) is 5.75 Å². The number of ether oxygens (including phenoxy) is 1. The number of carbonyl (C=O) groups is 2. The number of nitrogens with one attached hydrogen (secondary N) is 2. The molecule has 166 valence electrons. The smallest absolute Gasteiger partial charge is 0.266 e. The van der Waals surface area contributed by atoms with Crippen LogP contribution in [0.25, 0.3) is 6.08 Å². The Balaban J connectivity index is 1.70. The second-order valence-electron chi connectivity index (χ2n) is 7.25. The van der Waals surface area contributed by atoms with Crippen LogP contribution in [0.4, 0.5) is 11.4 Å². The maximum atomic E-state index is 12.5. The molecule has 6 nitrogen and oxygen atoms in total. The number of para-hydroxylation sites is 1. The van der Waals surface area contributed by atoms with E-state index in [-0.39, 0.29) is 18.1 Å². The highest BCUT2D eigenvalue weighted by molar-refractivity contribution is 6.30. The number of aryl methyl sites for hydroxylation is 1. The minimum absolute atomic E-state index is 0.110. The van der Waals surface area contributed by atoms with E-state index in [2.05, 4.69) is 10.6 Å². The maximum absolute atomic E-state index is 12.5. The summed E-state index contributed by atoms with van der Waals surface area (Å²) in [7, 11) is 0. The van der Waals surface area contributed by atoms with E-state index in [1.54, 1.807) is 48.5 Å². The SMILES string of the molecule is Cc1cccc(NC(=O)COc2ccccc2/C=C(/C#N)C(=O)Nc2ccc(Cl)cc2)c1C. The fourth-order valence-corrected chi connectivity index (χ4v) is 3.11. The van der Waals surface area contributed by atoms with Gasteiger partial charge in [0.2, 0.25) is 0 Å². The van der Waals surface area contributed by atoms with Crippen LogP contribution in [0.15, 0.2) is 72.3 Å². The van der Waals surface area contributed by atoms with Gasteiger partial charge in [-0.15, -0.1) is 0 Å². The summed E-state index contributed by atoms with van der Waals surface area (Å²) >= 11 is 5.86. The number of nitrogens with zero attached hydrogens (tertiary/aromatic N) is 1. The Morgan fingerprint density at radius 3 is 2.45 bits per heavy atom. The molecule has 7 heteroatoms. The van der Waals surface area contributed by atoms with Crippen molar-refractivity contribution in [3.8, 4) is 11.8 Å². The first kappa shape index (κ1) is 23.6. The normalized spacial score (nSPS) is 10.8. The van der Waals surface area contributed by atoms with E-state index >= 15 is 0 Å². The summed E-state index contributed by atoms with van der Waals surface area (Å²) in [5.74, 6) is -0.508. The van der Waals surface area contributed by atoms with Crippen molar-refractivity contribution in [3.63, 3.8) is 0 Å². The molecule has 0 saturated carbocycles. The van der Waals surface area contributed by atoms with Gasteiger partial charge in [0.25, 0.3) is 11.8 Å². The van der Waals surface area contributed by atoms with Crippen LogP contribution >= 0.6 is 11.6 Å². The number of rotatable bonds is 7. The first-order chi connectivity index (χ1) is 15.9. The Bertz CT molecular complexity index is 1240. The van der Waals surface area contributed by atoms with E-state index in [9.17, 15) is 14.9 Å². The molecule has 0 heterocycles. The number of nitriles is 1. The van der Waals surface area contributed by atoms with Crippen molar-refractivity contribution in [2.75, 3.05) is 17.2 Å². The van der Waals surface area contributed by atoms with E-state index in [0.717, 1.165) is 16.8 Å². The molecular weight excluding hydrogens is 438 g/mol. The van der Waals surface area contributed by atoms with Crippen molar-refractivity contribution in [2.45, 2.75) is 13.8 Å². The van der Waals surface area contributed by atoms with Gasteiger partial charge >= 0.3 is 0 Å². The van der Waals surface area contributed by atoms with Crippen molar-refractivity contribution in [2.24, 2.45) is 0 Å². The average molecular weight is 460 g/mol. The number of carbonyl (C=O) groups excluding carboxylic acids is 2. The number of hydrogen-bond donors (Lipinski definition) is 2. The van der Waals surface area contributed by atoms with Gasteiger partial charge in [-0.2, -0.15) is 5.26 Å². The Morgan fingerprint density at radius 1 is 1.00 bits per heavy atom. The number of hydrogen-bond acceptors (Lipinski definition) is 4. The van der Waals surface area contributed by atoms with Crippen molar-refractivity contribution in [1.29, 1.82) is 5.26 Å². The largest absolute Gasteiger partial charge is 0.483 e. The lowest BCUT2D eigenvalue weighted by atomic mass is 10.1. The molecule has 0 aliphatic heterocycles. The molecule has 0 spiro atoms. The molecule has 0 saturated heterocycles. The van der Waals surface area contributed by atoms with Crippen molar-refractivity contribution >= 4 is 40.9 Å². The minimum Gasteiger partial charge on any atom is -0.483 e. The van der Waals surface area contributed by atoms with Crippen molar-refractivity contribution < 1.29 is 14.3 Å². The molecule has 2 amide bonds. The van der Waals surface area contributed by atoms with Crippen LogP contribution in [0, 0.1) is 25.2 Å². The predicted molar refractivity (Wildman–Crippen MR) is 130 cm³/mol. The predicted octanol–water partition coefficient (Wildman–Crippen LogP) is 5.52. The van der Waals surface area contributed by atoms with E-state index in [0.29, 0.717) is 22.0 Å². The Labute approximate surface area is 197 Å². The van der Waals surface area contributed by atoms with Gasteiger partial charge in [-0.1, -0.05) is 41.9 Å². The molecule has 0 radical (unpaired) electrons. The Kier molecular flexibility index (Phi) is 7.85. The Morgan fingerprint density at radius 2 is 1.73 bits per heavy atom. The maximum Gasteiger partial charge on any atom is 0.266 e. The quantitative estimate of drug-likeness (QED) is 0.359. The van der Waals surface area contributed by atoms with Crippen LogP contribution < -0.4 is 15.4 Å². The monoisotopic (exact) mass is 459 g/mol. The first-order valence-electron chi connectivity index (χ1n) is 10.1. The number of benzene rings is 3. The highest BCUT2D eigenvalue weighted by Gasteiger charge is 2.13. The summed E-state index contributed by atoms with van der Waals surface area (Å²) in [6.07, 6.45) is 1.42. The highest BCUT2D eigenvalue weighted by Crippen LogP contribution is 2.23. The van der Waals surface area contributed by atoms with E-state index in [1.165, 1.54) is 6.08 Å². The van der Waals surface area contributed by atoms with Gasteiger partial charge in [0.1, 0.15) is 17.4 Å². The average Bonchev–Trinajstić information content (AvgIpc) is 2.81. The first-order valence-corrected chi connectivity index (χ1v) is 10.5. The van der Waals surface area contributed by atoms with E-state index in [1.807, 2.05) is 38.1 Å². The molecule has 3 rings (SSSR count). The topological polar surface area (TPSA) is 91.2 Å². The lowest BCUT2D eigenvalue weighted by Crippen LogP contribution is -2.21. The van der Waals surface area contributed by atoms with E-state index < -0.39 is 5.91 Å². The van der Waals surface area contributed by atoms with Gasteiger partial charge in [-0.3, -0.25) is 9.59 Å². The molecule has 0 fully saturated rings. The zero-order valence-corrected chi connectivity index (χ0v) is 18.9. The van der Waals surface area contributed by atoms with Crippen LogP contribution in [0.1, 0.15) is 16.7 Å². The summed E-state index contributed by atoms with van der Waals surface area (Å²) in [4.78, 5) is 24.9. The summed E-state index contributed by atoms with van der Waals surface area (Å²) in [6.45, 7) is 3.68. The van der Waals surface area contributed by atoms with Gasteiger partial charge in [-0.05, 0) is 67.4 Å². The second-order valence-corrected chi connectivity index (χ2v) is 7.69. The summed E-state index contributed by atoms with van der Waals surface area (Å²) < 4.78 is 5.69. The van der Waals surface area contributed by atoms with Gasteiger partial charge in [0, 0.05) is 22.0 Å². The number of anilines is 2. The standard InChI is InChI=1S/C26H22ClN3O3/c1-17-6-5-8-23(18(17)2)30-25(31)16-33-24-9-4-3-7-19(24)14-20(15-28)26(32)29-22-12-10-21(27)11-13-22/h3-14H,16H2,1-2H3,(H,29,32)(H,30,31)/b20-14-. The van der Waals surface area contributed by atoms with Gasteiger partial charge in [0.15, 0.2) is 6.61 Å². The van der Waals surface area contributed by atoms with Crippen LogP contribution in [0.2, 0.25) is 5.02 Å². The lowest BCUT2D eigenvalue weighted by Gasteiger charge is -2.12. The molecule has 0 atom stereocenters. The zero-order valence-electron chi connectivity index (χ0n) is 18.2. The summed E-state index contributed by atoms with van der Waals surface area (Å²) in [5.41, 5.74) is 3.69. The molecule has 0 unspecified atom stereocenters. The fourth-order valence-electron chi connectivity index (χ4n) is 2.98. The lowest BCUT2D eigenvalue weighted by molar-refractivity contribution is -0.118. The molecular formula is C26H22ClN3O3. The van der Waals surface area contributed by atoms with Gasteiger partial charge in [-0.25, -0.2) is 0 Å². The third-order valence-electron chi connectivity index (χ3n) is 4.92. The number of halogens is 1. The second kappa shape index (κ2) is 11.0. The van der Waals surface area contributed by atoms with Crippen LogP contribution in [0.3, 0.4) is 0 Å². The fraction of sp³-hybridized carbons (Fsp3) is 0.115. The van der Waals surface area contributed by atoms with Gasteiger partial charge in [0.05, 0.1) is 0 Å². The molecule has 2 N–H and O–H groups in total. The molecule has 0 bridgehead atoms. The molecule has 3 aromatic rings. The molecule has 0 aliphatic carbocycles. The van der Waals surface area contributed by atoms with E-state index in [4.69, 9.17) is 16.3 Å². The molecule has 0 aromatic heterocycles. The molecule has 3 aromatic carbocycles. The number of amides is 2. The highest BCUT2D eigenvalue weighted by atomic mass is 35.5. The Hall–Kier alpha value is -4.08. The van der Waals surface area contributed by atoms with Crippen LogP contribution in [-0.4, -0.2) is 18.4 Å². The summed E-state index contributed by atoms with van der Waals surface area (Å²) in [5, 5.41) is 15.5. The zero-order chi connectivity index (χ0) is 23.8. The summed E-state index contributed by atoms with van der Waals surface area (Å²) in [6, 6.07) is 21.0. The minimum atomic E-state index is -0.567. The van der Waals surface area contributed by atoms with Crippen molar-refractivity contribution in [1.82, 2.24) is 0 Å². The molecule has 0 aliphatic rings. The molecule has 33 heavy (non-hydrogen) atoms. The third-order valence-corrected chi connectivity index (χ3v) is 5.18. The third kappa shape index (κ3) is 6.45. The van der Waals surface area contributed by atoms with Crippen molar-refractivity contribution in [3.05, 3.63) is 94.0 Å². The van der Waals surface area contributed by atoms with Crippen LogP contribution in [-0.2, 0) is 9.59 Å².